The van der Waals surface area contributed by atoms with Gasteiger partial charge in [-0.05, 0) is 18.6 Å². The highest BCUT2D eigenvalue weighted by molar-refractivity contribution is 9.08. The first-order chi connectivity index (χ1) is 5.54. The van der Waals surface area contributed by atoms with Crippen LogP contribution in [-0.4, -0.2) is 4.98 Å². The molecule has 2 unspecified atom stereocenters. The summed E-state index contributed by atoms with van der Waals surface area (Å²) >= 11 is 3.29. The molecule has 0 aromatic carbocycles. The number of aromatic nitrogens is 1. The molecule has 0 amide bonds. The van der Waals surface area contributed by atoms with Crippen molar-refractivity contribution in [2.24, 2.45) is 0 Å². The van der Waals surface area contributed by atoms with Crippen LogP contribution in [0.4, 0.5) is 4.39 Å². The molecule has 1 heterocycles. The van der Waals surface area contributed by atoms with Crippen molar-refractivity contribution < 1.29 is 4.39 Å². The molecule has 1 aromatic heterocycles. The van der Waals surface area contributed by atoms with E-state index >= 15 is 0 Å². The van der Waals surface area contributed by atoms with Gasteiger partial charge in [-0.15, -0.1) is 0 Å². The summed E-state index contributed by atoms with van der Waals surface area (Å²) in [5.74, 6) is 0. The molecule has 1 nitrogen and oxygen atoms in total. The Morgan fingerprint density at radius 1 is 1.67 bits per heavy atom. The molecule has 0 saturated heterocycles. The maximum Gasteiger partial charge on any atom is 0.162 e. The number of nitrogens with zero attached hydrogens (tertiary/aromatic N) is 1. The van der Waals surface area contributed by atoms with Gasteiger partial charge < -0.3 is 0 Å². The van der Waals surface area contributed by atoms with E-state index in [4.69, 9.17) is 0 Å². The zero-order valence-corrected chi connectivity index (χ0v) is 9.46. The largest absolute Gasteiger partial charge is 0.257 e. The average Bonchev–Trinajstić information content (AvgIpc) is 2.03. The second-order valence-corrected chi connectivity index (χ2v) is 4.41. The van der Waals surface area contributed by atoms with E-state index in [1.807, 2.05) is 6.07 Å². The average molecular weight is 250 g/mol. The lowest BCUT2D eigenvalue weighted by atomic mass is 10.2. The van der Waals surface area contributed by atoms with E-state index in [1.165, 1.54) is 6.92 Å². The Labute approximate surface area is 82.1 Å². The summed E-state index contributed by atoms with van der Waals surface area (Å²) in [7, 11) is 2.12. The molecule has 1 rings (SSSR count). The maximum atomic E-state index is 13.2. The maximum absolute atomic E-state index is 13.2. The van der Waals surface area contributed by atoms with Gasteiger partial charge in [0.2, 0.25) is 0 Å². The highest BCUT2D eigenvalue weighted by atomic mass is 79.9. The standard InChI is InChI=1S/C8H10BrFNP/c1-8(10,12)7-3-2-6(4-9)5-11-7/h2-3,5H,4,12H2,1H3. The van der Waals surface area contributed by atoms with Crippen LogP contribution in [0, 0.1) is 0 Å². The van der Waals surface area contributed by atoms with Crippen LogP contribution in [0.3, 0.4) is 0 Å². The molecule has 0 bridgehead atoms. The van der Waals surface area contributed by atoms with E-state index in [2.05, 4.69) is 30.2 Å². The van der Waals surface area contributed by atoms with Gasteiger partial charge in [0.25, 0.3) is 0 Å². The molecule has 12 heavy (non-hydrogen) atoms. The summed E-state index contributed by atoms with van der Waals surface area (Å²) in [6, 6.07) is 3.56. The van der Waals surface area contributed by atoms with Crippen molar-refractivity contribution in [3.63, 3.8) is 0 Å². The Bertz CT molecular complexity index is 255. The highest BCUT2D eigenvalue weighted by Crippen LogP contribution is 2.30. The Hall–Kier alpha value is -0.0100. The minimum atomic E-state index is -1.43. The van der Waals surface area contributed by atoms with E-state index in [1.54, 1.807) is 12.3 Å². The van der Waals surface area contributed by atoms with Crippen LogP contribution in [0.2, 0.25) is 0 Å². The predicted octanol–water partition coefficient (Wildman–Crippen LogP) is 2.99. The van der Waals surface area contributed by atoms with Gasteiger partial charge in [0.15, 0.2) is 5.41 Å². The number of rotatable bonds is 2. The summed E-state index contributed by atoms with van der Waals surface area (Å²) < 4.78 is 13.2. The van der Waals surface area contributed by atoms with Gasteiger partial charge in [-0.25, -0.2) is 4.39 Å². The van der Waals surface area contributed by atoms with E-state index < -0.39 is 5.41 Å². The molecule has 2 atom stereocenters. The van der Waals surface area contributed by atoms with Crippen molar-refractivity contribution in [1.82, 2.24) is 4.98 Å². The van der Waals surface area contributed by atoms with E-state index in [-0.39, 0.29) is 0 Å². The van der Waals surface area contributed by atoms with Crippen LogP contribution in [0.25, 0.3) is 0 Å². The third-order valence-electron chi connectivity index (χ3n) is 1.48. The first-order valence-corrected chi connectivity index (χ1v) is 5.23. The summed E-state index contributed by atoms with van der Waals surface area (Å²) in [6.45, 7) is 1.47. The molecular weight excluding hydrogens is 240 g/mol. The van der Waals surface area contributed by atoms with Crippen LogP contribution in [-0.2, 0) is 10.7 Å². The van der Waals surface area contributed by atoms with E-state index in [0.29, 0.717) is 5.69 Å². The smallest absolute Gasteiger partial charge is 0.162 e. The molecule has 0 aliphatic carbocycles. The fraction of sp³-hybridized carbons (Fsp3) is 0.375. The number of pyridine rings is 1. The SMILES string of the molecule is CC(F)(P)c1ccc(CBr)cn1. The van der Waals surface area contributed by atoms with Crippen molar-refractivity contribution in [2.75, 3.05) is 0 Å². The molecule has 4 heteroatoms. The summed E-state index contributed by atoms with van der Waals surface area (Å²) in [5, 5.41) is -0.676. The van der Waals surface area contributed by atoms with Crippen LogP contribution in [0.5, 0.6) is 0 Å². The van der Waals surface area contributed by atoms with Gasteiger partial charge in [-0.2, -0.15) is 0 Å². The number of halogens is 2. The zero-order valence-electron chi connectivity index (χ0n) is 6.72. The van der Waals surface area contributed by atoms with Crippen molar-refractivity contribution in [3.05, 3.63) is 29.6 Å². The van der Waals surface area contributed by atoms with Crippen LogP contribution in [0.15, 0.2) is 18.3 Å². The minimum Gasteiger partial charge on any atom is -0.257 e. The molecule has 66 valence electrons. The summed E-state index contributed by atoms with van der Waals surface area (Å²) in [5.41, 5.74) is 1.49. The summed E-state index contributed by atoms with van der Waals surface area (Å²) in [6.07, 6.45) is 1.67. The molecular formula is C8H10BrFNP. The van der Waals surface area contributed by atoms with Gasteiger partial charge in [0, 0.05) is 11.5 Å². The third kappa shape index (κ3) is 2.49. The highest BCUT2D eigenvalue weighted by Gasteiger charge is 2.19. The number of hydrogen-bond donors (Lipinski definition) is 0. The topological polar surface area (TPSA) is 12.9 Å². The monoisotopic (exact) mass is 249 g/mol. The van der Waals surface area contributed by atoms with Gasteiger partial charge in [0.1, 0.15) is 0 Å². The normalized spacial score (nSPS) is 15.7. The van der Waals surface area contributed by atoms with Crippen LogP contribution >= 0.6 is 25.2 Å². The Balaban J connectivity index is 2.93. The summed E-state index contributed by atoms with van der Waals surface area (Å²) in [4.78, 5) is 3.99. The predicted molar refractivity (Wildman–Crippen MR) is 55.0 cm³/mol. The molecule has 0 fully saturated rings. The molecule has 0 aliphatic rings. The lowest BCUT2D eigenvalue weighted by molar-refractivity contribution is 0.315. The molecule has 0 spiro atoms. The number of hydrogen-bond acceptors (Lipinski definition) is 1. The third-order valence-corrected chi connectivity index (χ3v) is 2.42. The second kappa shape index (κ2) is 3.80. The Morgan fingerprint density at radius 2 is 2.33 bits per heavy atom. The lowest BCUT2D eigenvalue weighted by Gasteiger charge is -2.12. The van der Waals surface area contributed by atoms with Crippen molar-refractivity contribution in [3.8, 4) is 0 Å². The molecule has 0 N–H and O–H groups in total. The Kier molecular flexibility index (Phi) is 3.19. The first kappa shape index (κ1) is 10.1. The fourth-order valence-electron chi connectivity index (χ4n) is 0.793. The zero-order chi connectivity index (χ0) is 9.19. The molecule has 0 aliphatic heterocycles. The van der Waals surface area contributed by atoms with Crippen LogP contribution in [0.1, 0.15) is 18.2 Å². The molecule has 0 saturated carbocycles. The van der Waals surface area contributed by atoms with Gasteiger partial charge in [-0.1, -0.05) is 31.2 Å². The Morgan fingerprint density at radius 3 is 2.67 bits per heavy atom. The quantitative estimate of drug-likeness (QED) is 0.580. The van der Waals surface area contributed by atoms with Crippen molar-refractivity contribution in [2.45, 2.75) is 17.7 Å². The minimum absolute atomic E-state index is 0.442. The number of alkyl halides is 2. The van der Waals surface area contributed by atoms with Crippen LogP contribution < -0.4 is 0 Å². The van der Waals surface area contributed by atoms with Gasteiger partial charge >= 0.3 is 0 Å². The first-order valence-electron chi connectivity index (χ1n) is 3.53. The van der Waals surface area contributed by atoms with E-state index in [0.717, 1.165) is 10.9 Å². The van der Waals surface area contributed by atoms with Crippen molar-refractivity contribution >= 4 is 25.2 Å². The van der Waals surface area contributed by atoms with Gasteiger partial charge in [-0.3, -0.25) is 4.98 Å². The van der Waals surface area contributed by atoms with Crippen molar-refractivity contribution in [1.29, 1.82) is 0 Å². The molecule has 0 radical (unpaired) electrons. The van der Waals surface area contributed by atoms with E-state index in [9.17, 15) is 4.39 Å². The second-order valence-electron chi connectivity index (χ2n) is 2.76. The molecule has 1 aromatic rings. The fourth-order valence-corrected chi connectivity index (χ4v) is 1.30. The van der Waals surface area contributed by atoms with Gasteiger partial charge in [0.05, 0.1) is 5.69 Å². The lowest BCUT2D eigenvalue weighted by Crippen LogP contribution is -2.06.